The van der Waals surface area contributed by atoms with E-state index in [2.05, 4.69) is 29.1 Å². The number of aryl methyl sites for hydroxylation is 1. The molecule has 1 amide bonds. The third kappa shape index (κ3) is 4.20. The predicted molar refractivity (Wildman–Crippen MR) is 98.6 cm³/mol. The number of amides is 1. The summed E-state index contributed by atoms with van der Waals surface area (Å²) < 4.78 is 15.2. The van der Waals surface area contributed by atoms with Crippen molar-refractivity contribution < 1.29 is 9.18 Å². The van der Waals surface area contributed by atoms with Gasteiger partial charge in [-0.2, -0.15) is 0 Å². The van der Waals surface area contributed by atoms with Crippen LogP contribution in [-0.4, -0.2) is 51.5 Å². The number of piperazine rings is 1. The van der Waals surface area contributed by atoms with Crippen LogP contribution in [0.2, 0.25) is 0 Å². The molecule has 0 radical (unpaired) electrons. The number of aromatic nitrogens is 3. The van der Waals surface area contributed by atoms with Crippen LogP contribution in [0.1, 0.15) is 37.7 Å². The standard InChI is InChI=1S/C19H26FN5O/c1-14(2)7-8-24-13-18(21-22-24)19(26)25-10-9-23(12-15(25)3)17-6-4-5-16(20)11-17/h4-6,11,13-15H,7-10,12H2,1-3H3/t15-/m0/s1. The molecule has 2 heterocycles. The predicted octanol–water partition coefficient (Wildman–Crippen LogP) is 2.81. The minimum absolute atomic E-state index is 0.0142. The van der Waals surface area contributed by atoms with Crippen LogP contribution in [0.5, 0.6) is 0 Å². The zero-order chi connectivity index (χ0) is 18.7. The number of hydrogen-bond acceptors (Lipinski definition) is 4. The molecule has 0 aliphatic carbocycles. The molecule has 1 aliphatic rings. The highest BCUT2D eigenvalue weighted by Crippen LogP contribution is 2.21. The lowest BCUT2D eigenvalue weighted by molar-refractivity contribution is 0.0668. The Morgan fingerprint density at radius 2 is 2.15 bits per heavy atom. The zero-order valence-electron chi connectivity index (χ0n) is 15.6. The zero-order valence-corrected chi connectivity index (χ0v) is 15.6. The molecule has 1 aromatic heterocycles. The van der Waals surface area contributed by atoms with Gasteiger partial charge in [0.1, 0.15) is 5.82 Å². The molecule has 0 spiro atoms. The van der Waals surface area contributed by atoms with Gasteiger partial charge in [0.05, 0.1) is 6.20 Å². The Bertz CT molecular complexity index is 760. The SMILES string of the molecule is CC(C)CCn1cc(C(=O)N2CCN(c3cccc(F)c3)C[C@@H]2C)nn1. The van der Waals surface area contributed by atoms with E-state index in [4.69, 9.17) is 0 Å². The quantitative estimate of drug-likeness (QED) is 0.824. The van der Waals surface area contributed by atoms with E-state index in [1.54, 1.807) is 16.9 Å². The van der Waals surface area contributed by atoms with Gasteiger partial charge in [0, 0.05) is 37.9 Å². The van der Waals surface area contributed by atoms with E-state index >= 15 is 0 Å². The lowest BCUT2D eigenvalue weighted by atomic mass is 10.1. The topological polar surface area (TPSA) is 54.3 Å². The minimum atomic E-state index is -0.244. The summed E-state index contributed by atoms with van der Waals surface area (Å²) in [5.41, 5.74) is 1.24. The summed E-state index contributed by atoms with van der Waals surface area (Å²) in [6, 6.07) is 6.59. The number of hydrogen-bond donors (Lipinski definition) is 0. The number of carbonyl (C=O) groups excluding carboxylic acids is 1. The molecule has 140 valence electrons. The molecular formula is C19H26FN5O. The van der Waals surface area contributed by atoms with Gasteiger partial charge in [-0.3, -0.25) is 9.48 Å². The first-order valence-corrected chi connectivity index (χ1v) is 9.15. The lowest BCUT2D eigenvalue weighted by Gasteiger charge is -2.40. The summed E-state index contributed by atoms with van der Waals surface area (Å²) in [6.07, 6.45) is 2.73. The summed E-state index contributed by atoms with van der Waals surface area (Å²) in [4.78, 5) is 16.7. The van der Waals surface area contributed by atoms with E-state index in [1.165, 1.54) is 12.1 Å². The van der Waals surface area contributed by atoms with Crippen molar-refractivity contribution in [2.45, 2.75) is 39.8 Å². The van der Waals surface area contributed by atoms with Gasteiger partial charge >= 0.3 is 0 Å². The summed E-state index contributed by atoms with van der Waals surface area (Å²) in [6.45, 7) is 8.99. The van der Waals surface area contributed by atoms with Gasteiger partial charge in [0.15, 0.2) is 5.69 Å². The molecule has 7 heteroatoms. The molecule has 0 saturated carbocycles. The van der Waals surface area contributed by atoms with E-state index in [9.17, 15) is 9.18 Å². The highest BCUT2D eigenvalue weighted by Gasteiger charge is 2.29. The number of anilines is 1. The average Bonchev–Trinajstić information content (AvgIpc) is 3.08. The maximum Gasteiger partial charge on any atom is 0.276 e. The second kappa shape index (κ2) is 7.85. The normalized spacial score (nSPS) is 17.8. The second-order valence-electron chi connectivity index (χ2n) is 7.32. The van der Waals surface area contributed by atoms with E-state index in [0.717, 1.165) is 18.7 Å². The van der Waals surface area contributed by atoms with Gasteiger partial charge in [0.2, 0.25) is 0 Å². The lowest BCUT2D eigenvalue weighted by Crippen LogP contribution is -2.54. The van der Waals surface area contributed by atoms with Crippen LogP contribution in [0.25, 0.3) is 0 Å². The van der Waals surface area contributed by atoms with Crippen molar-refractivity contribution in [3.05, 3.63) is 42.0 Å². The first-order valence-electron chi connectivity index (χ1n) is 9.15. The fourth-order valence-corrected chi connectivity index (χ4v) is 3.21. The fraction of sp³-hybridized carbons (Fsp3) is 0.526. The van der Waals surface area contributed by atoms with Crippen molar-refractivity contribution >= 4 is 11.6 Å². The smallest absolute Gasteiger partial charge is 0.276 e. The van der Waals surface area contributed by atoms with Crippen LogP contribution in [0.4, 0.5) is 10.1 Å². The molecule has 3 rings (SSSR count). The Balaban J connectivity index is 1.63. The molecule has 1 aromatic carbocycles. The van der Waals surface area contributed by atoms with Crippen LogP contribution in [0, 0.1) is 11.7 Å². The third-order valence-electron chi connectivity index (χ3n) is 4.76. The Kier molecular flexibility index (Phi) is 5.54. The number of carbonyl (C=O) groups is 1. The van der Waals surface area contributed by atoms with E-state index in [1.807, 2.05) is 17.9 Å². The molecule has 0 unspecified atom stereocenters. The van der Waals surface area contributed by atoms with Gasteiger partial charge in [-0.1, -0.05) is 25.1 Å². The Morgan fingerprint density at radius 1 is 1.35 bits per heavy atom. The first-order chi connectivity index (χ1) is 12.4. The number of nitrogens with zero attached hydrogens (tertiary/aromatic N) is 5. The molecule has 1 fully saturated rings. The van der Waals surface area contributed by atoms with Crippen LogP contribution in [-0.2, 0) is 6.54 Å². The highest BCUT2D eigenvalue weighted by atomic mass is 19.1. The van der Waals surface area contributed by atoms with Crippen molar-refractivity contribution in [2.24, 2.45) is 5.92 Å². The highest BCUT2D eigenvalue weighted by molar-refractivity contribution is 5.92. The minimum Gasteiger partial charge on any atom is -0.368 e. The van der Waals surface area contributed by atoms with Crippen LogP contribution < -0.4 is 4.90 Å². The van der Waals surface area contributed by atoms with Crippen molar-refractivity contribution in [2.75, 3.05) is 24.5 Å². The van der Waals surface area contributed by atoms with Crippen LogP contribution in [0.3, 0.4) is 0 Å². The average molecular weight is 359 g/mol. The molecule has 26 heavy (non-hydrogen) atoms. The molecule has 6 nitrogen and oxygen atoms in total. The molecule has 1 aliphatic heterocycles. The first kappa shape index (κ1) is 18.4. The maximum absolute atomic E-state index is 13.5. The summed E-state index contributed by atoms with van der Waals surface area (Å²) in [5.74, 6) is 0.244. The summed E-state index contributed by atoms with van der Waals surface area (Å²) in [7, 11) is 0. The molecule has 0 bridgehead atoms. The fourth-order valence-electron chi connectivity index (χ4n) is 3.21. The van der Waals surface area contributed by atoms with Gasteiger partial charge in [-0.25, -0.2) is 4.39 Å². The molecule has 0 N–H and O–H groups in total. The largest absolute Gasteiger partial charge is 0.368 e. The Labute approximate surface area is 153 Å². The van der Waals surface area contributed by atoms with Crippen molar-refractivity contribution in [3.8, 4) is 0 Å². The number of halogens is 1. The molecule has 1 saturated heterocycles. The Morgan fingerprint density at radius 3 is 2.85 bits per heavy atom. The van der Waals surface area contributed by atoms with Crippen LogP contribution >= 0.6 is 0 Å². The van der Waals surface area contributed by atoms with Gasteiger partial charge in [-0.05, 0) is 37.5 Å². The maximum atomic E-state index is 13.5. The molecular weight excluding hydrogens is 333 g/mol. The summed E-state index contributed by atoms with van der Waals surface area (Å²) >= 11 is 0. The van der Waals surface area contributed by atoms with Gasteiger partial charge in [0.25, 0.3) is 5.91 Å². The molecule has 2 aromatic rings. The van der Waals surface area contributed by atoms with Crippen molar-refractivity contribution in [3.63, 3.8) is 0 Å². The number of rotatable bonds is 5. The van der Waals surface area contributed by atoms with E-state index in [0.29, 0.717) is 31.2 Å². The van der Waals surface area contributed by atoms with E-state index < -0.39 is 0 Å². The van der Waals surface area contributed by atoms with Gasteiger partial charge in [-0.15, -0.1) is 5.10 Å². The monoisotopic (exact) mass is 359 g/mol. The molecule has 1 atom stereocenters. The second-order valence-corrected chi connectivity index (χ2v) is 7.32. The number of benzene rings is 1. The van der Waals surface area contributed by atoms with E-state index in [-0.39, 0.29) is 17.8 Å². The van der Waals surface area contributed by atoms with Crippen molar-refractivity contribution in [1.29, 1.82) is 0 Å². The third-order valence-corrected chi connectivity index (χ3v) is 4.76. The Hall–Kier alpha value is -2.44. The summed E-state index contributed by atoms with van der Waals surface area (Å²) in [5, 5.41) is 8.12. The van der Waals surface area contributed by atoms with Crippen LogP contribution in [0.15, 0.2) is 30.5 Å². The van der Waals surface area contributed by atoms with Gasteiger partial charge < -0.3 is 9.80 Å². The van der Waals surface area contributed by atoms with Crippen molar-refractivity contribution in [1.82, 2.24) is 19.9 Å².